The van der Waals surface area contributed by atoms with Crippen LogP contribution in [-0.2, 0) is 24.4 Å². The van der Waals surface area contributed by atoms with Crippen LogP contribution < -0.4 is 15.8 Å². The van der Waals surface area contributed by atoms with E-state index in [9.17, 15) is 4.79 Å². The lowest BCUT2D eigenvalue weighted by Crippen LogP contribution is -2.27. The molecule has 0 atom stereocenters. The molecule has 3 heterocycles. The molecule has 2 aromatic heterocycles. The number of anilines is 2. The molecule has 0 bridgehead atoms. The summed E-state index contributed by atoms with van der Waals surface area (Å²) in [6.45, 7) is 4.40. The number of nitrogens with zero attached hydrogens (tertiary/aromatic N) is 4. The second-order valence-corrected chi connectivity index (χ2v) is 8.97. The van der Waals surface area contributed by atoms with Crippen molar-refractivity contribution in [3.63, 3.8) is 0 Å². The Bertz CT molecular complexity index is 1210. The van der Waals surface area contributed by atoms with Gasteiger partial charge in [-0.3, -0.25) is 4.79 Å². The molecular weight excluding hydrogens is 416 g/mol. The Labute approximate surface area is 193 Å². The van der Waals surface area contributed by atoms with Crippen LogP contribution >= 0.6 is 0 Å². The molecule has 1 saturated carbocycles. The van der Waals surface area contributed by atoms with Gasteiger partial charge in [0, 0.05) is 30.8 Å². The minimum Gasteiger partial charge on any atom is -0.470 e. The molecule has 1 aliphatic heterocycles. The first-order valence-electron chi connectivity index (χ1n) is 11.3. The Morgan fingerprint density at radius 2 is 2.12 bits per heavy atom. The van der Waals surface area contributed by atoms with Crippen LogP contribution in [0.1, 0.15) is 35.1 Å². The van der Waals surface area contributed by atoms with Crippen molar-refractivity contribution in [2.24, 2.45) is 5.92 Å². The quantitative estimate of drug-likeness (QED) is 0.600. The maximum atomic E-state index is 12.0. The third kappa shape index (κ3) is 4.80. The minimum atomic E-state index is 0.0231. The van der Waals surface area contributed by atoms with Crippen LogP contribution in [0.15, 0.2) is 36.7 Å². The van der Waals surface area contributed by atoms with Crippen molar-refractivity contribution >= 4 is 17.5 Å². The zero-order chi connectivity index (χ0) is 22.9. The van der Waals surface area contributed by atoms with Crippen molar-refractivity contribution < 1.29 is 9.53 Å². The normalized spacial score (nSPS) is 15.7. The number of hydrogen-bond donors (Lipinski definition) is 2. The van der Waals surface area contributed by atoms with Gasteiger partial charge in [-0.1, -0.05) is 0 Å². The molecule has 0 spiro atoms. The Kier molecular flexibility index (Phi) is 5.68. The van der Waals surface area contributed by atoms with Gasteiger partial charge in [-0.2, -0.15) is 0 Å². The number of carbonyl (C=O) groups excluding carboxylic acids is 1. The van der Waals surface area contributed by atoms with E-state index >= 15 is 0 Å². The molecule has 1 aromatic carbocycles. The Morgan fingerprint density at radius 3 is 2.94 bits per heavy atom. The molecule has 33 heavy (non-hydrogen) atoms. The van der Waals surface area contributed by atoms with Crippen LogP contribution in [0, 0.1) is 12.8 Å². The van der Waals surface area contributed by atoms with Crippen molar-refractivity contribution in [1.29, 1.82) is 0 Å². The van der Waals surface area contributed by atoms with Gasteiger partial charge < -0.3 is 20.7 Å². The molecule has 8 heteroatoms. The number of benzene rings is 1. The van der Waals surface area contributed by atoms with E-state index in [-0.39, 0.29) is 24.2 Å². The number of carbonyl (C=O) groups is 1. The molecule has 1 aliphatic carbocycles. The SMILES string of the molecule is Cc1cc(-c2cnc(N)c(OCc3ccnc(NC(=O)C4CC4)c3)n2)cc2c1CCN(C)C2. The van der Waals surface area contributed by atoms with E-state index in [2.05, 4.69) is 51.3 Å². The van der Waals surface area contributed by atoms with Crippen LogP contribution in [0.25, 0.3) is 11.3 Å². The highest BCUT2D eigenvalue weighted by atomic mass is 16.5. The number of hydrogen-bond acceptors (Lipinski definition) is 7. The maximum absolute atomic E-state index is 12.0. The molecular formula is C25H28N6O2. The van der Waals surface area contributed by atoms with Gasteiger partial charge in [-0.15, -0.1) is 0 Å². The second kappa shape index (κ2) is 8.78. The van der Waals surface area contributed by atoms with Gasteiger partial charge in [0.25, 0.3) is 5.88 Å². The molecule has 1 fully saturated rings. The molecule has 1 amide bonds. The molecule has 0 radical (unpaired) electrons. The maximum Gasteiger partial charge on any atom is 0.258 e. The fourth-order valence-corrected chi connectivity index (χ4v) is 4.19. The van der Waals surface area contributed by atoms with E-state index in [0.717, 1.165) is 49.2 Å². The van der Waals surface area contributed by atoms with Gasteiger partial charge >= 0.3 is 0 Å². The van der Waals surface area contributed by atoms with E-state index < -0.39 is 0 Å². The van der Waals surface area contributed by atoms with E-state index in [4.69, 9.17) is 10.5 Å². The van der Waals surface area contributed by atoms with Crippen LogP contribution in [-0.4, -0.2) is 39.4 Å². The molecule has 2 aliphatic rings. The number of nitrogens with two attached hydrogens (primary N) is 1. The van der Waals surface area contributed by atoms with Crippen molar-refractivity contribution in [3.8, 4) is 17.1 Å². The van der Waals surface area contributed by atoms with Crippen LogP contribution in [0.4, 0.5) is 11.6 Å². The number of fused-ring (bicyclic) bond motifs is 1. The fraction of sp³-hybridized carbons (Fsp3) is 0.360. The summed E-state index contributed by atoms with van der Waals surface area (Å²) in [5, 5.41) is 2.86. The summed E-state index contributed by atoms with van der Waals surface area (Å²) in [4.78, 5) is 27.5. The number of pyridine rings is 1. The minimum absolute atomic E-state index is 0.0231. The van der Waals surface area contributed by atoms with E-state index in [0.29, 0.717) is 11.7 Å². The zero-order valence-corrected chi connectivity index (χ0v) is 19.0. The molecule has 170 valence electrons. The molecule has 3 aromatic rings. The first-order valence-corrected chi connectivity index (χ1v) is 11.3. The Hall–Kier alpha value is -3.52. The van der Waals surface area contributed by atoms with Gasteiger partial charge in [0.2, 0.25) is 5.91 Å². The number of nitrogens with one attached hydrogen (secondary N) is 1. The van der Waals surface area contributed by atoms with Crippen LogP contribution in [0.2, 0.25) is 0 Å². The summed E-state index contributed by atoms with van der Waals surface area (Å²) in [5.41, 5.74) is 12.7. The highest BCUT2D eigenvalue weighted by Crippen LogP contribution is 2.31. The molecule has 0 unspecified atom stereocenters. The monoisotopic (exact) mass is 444 g/mol. The van der Waals surface area contributed by atoms with Crippen molar-refractivity contribution in [3.05, 3.63) is 58.9 Å². The summed E-state index contributed by atoms with van der Waals surface area (Å²) >= 11 is 0. The molecule has 5 rings (SSSR count). The largest absolute Gasteiger partial charge is 0.470 e. The first kappa shape index (κ1) is 21.3. The third-order valence-corrected chi connectivity index (χ3v) is 6.21. The van der Waals surface area contributed by atoms with Crippen LogP contribution in [0.5, 0.6) is 5.88 Å². The number of aryl methyl sites for hydroxylation is 1. The average molecular weight is 445 g/mol. The number of nitrogen functional groups attached to an aromatic ring is 1. The van der Waals surface area contributed by atoms with Gasteiger partial charge in [-0.05, 0) is 79.8 Å². The van der Waals surface area contributed by atoms with Gasteiger partial charge in [-0.25, -0.2) is 15.0 Å². The topological polar surface area (TPSA) is 106 Å². The molecule has 0 saturated heterocycles. The van der Waals surface area contributed by atoms with E-state index in [1.54, 1.807) is 18.5 Å². The molecule has 8 nitrogen and oxygen atoms in total. The van der Waals surface area contributed by atoms with Crippen molar-refractivity contribution in [2.75, 3.05) is 24.6 Å². The lowest BCUT2D eigenvalue weighted by atomic mass is 9.92. The summed E-state index contributed by atoms with van der Waals surface area (Å²) in [7, 11) is 2.14. The number of aromatic nitrogens is 3. The zero-order valence-electron chi connectivity index (χ0n) is 19.0. The lowest BCUT2D eigenvalue weighted by Gasteiger charge is -2.27. The summed E-state index contributed by atoms with van der Waals surface area (Å²) < 4.78 is 5.92. The average Bonchev–Trinajstić information content (AvgIpc) is 3.64. The predicted octanol–water partition coefficient (Wildman–Crippen LogP) is 3.34. The van der Waals surface area contributed by atoms with Gasteiger partial charge in [0.05, 0.1) is 11.9 Å². The fourth-order valence-electron chi connectivity index (χ4n) is 4.19. The number of rotatable bonds is 6. The Morgan fingerprint density at radius 1 is 1.27 bits per heavy atom. The predicted molar refractivity (Wildman–Crippen MR) is 127 cm³/mol. The van der Waals surface area contributed by atoms with Gasteiger partial charge in [0.1, 0.15) is 12.4 Å². The summed E-state index contributed by atoms with van der Waals surface area (Å²) in [6, 6.07) is 7.99. The van der Waals surface area contributed by atoms with Crippen molar-refractivity contribution in [1.82, 2.24) is 19.9 Å². The van der Waals surface area contributed by atoms with Gasteiger partial charge in [0.15, 0.2) is 5.82 Å². The molecule has 3 N–H and O–H groups in total. The standard InChI is InChI=1S/C25H28N6O2/c1-15-9-18(11-19-13-31(2)8-6-20(15)19)21-12-28-23(26)25(29-21)33-14-16-5-7-27-22(10-16)30-24(32)17-3-4-17/h5,7,9-12,17H,3-4,6,8,13-14H2,1-2H3,(H2,26,28)(H,27,30,32). The smallest absolute Gasteiger partial charge is 0.258 e. The van der Waals surface area contributed by atoms with Crippen molar-refractivity contribution in [2.45, 2.75) is 39.3 Å². The second-order valence-electron chi connectivity index (χ2n) is 8.97. The Balaban J connectivity index is 1.33. The lowest BCUT2D eigenvalue weighted by molar-refractivity contribution is -0.117. The van der Waals surface area contributed by atoms with E-state index in [1.165, 1.54) is 16.7 Å². The first-order chi connectivity index (χ1) is 16.0. The van der Waals surface area contributed by atoms with E-state index in [1.807, 2.05) is 6.07 Å². The number of ether oxygens (including phenoxy) is 1. The summed E-state index contributed by atoms with van der Waals surface area (Å²) in [6.07, 6.45) is 6.30. The van der Waals surface area contributed by atoms with Crippen LogP contribution in [0.3, 0.4) is 0 Å². The highest BCUT2D eigenvalue weighted by Gasteiger charge is 2.29. The highest BCUT2D eigenvalue weighted by molar-refractivity contribution is 5.93. The third-order valence-electron chi connectivity index (χ3n) is 6.21. The number of amides is 1. The number of likely N-dealkylation sites (N-methyl/N-ethyl adjacent to an activating group) is 1. The summed E-state index contributed by atoms with van der Waals surface area (Å²) in [5.74, 6) is 1.20.